The molecular formula is C57H37N3OS. The number of furan rings is 1. The highest BCUT2D eigenvalue weighted by molar-refractivity contribution is 7.99. The van der Waals surface area contributed by atoms with E-state index in [2.05, 4.69) is 189 Å². The molecule has 3 aromatic heterocycles. The lowest BCUT2D eigenvalue weighted by molar-refractivity contribution is 0.660. The van der Waals surface area contributed by atoms with Crippen molar-refractivity contribution in [2.24, 2.45) is 0 Å². The number of para-hydroxylation sites is 2. The van der Waals surface area contributed by atoms with E-state index >= 15 is 0 Å². The van der Waals surface area contributed by atoms with Crippen LogP contribution in [0.1, 0.15) is 25.0 Å². The van der Waals surface area contributed by atoms with Crippen molar-refractivity contribution < 1.29 is 4.42 Å². The van der Waals surface area contributed by atoms with E-state index in [0.29, 0.717) is 0 Å². The van der Waals surface area contributed by atoms with Crippen LogP contribution in [0.15, 0.2) is 203 Å². The third-order valence-corrected chi connectivity index (χ3v) is 14.2. The van der Waals surface area contributed by atoms with Crippen LogP contribution in [0.3, 0.4) is 0 Å². The standard InChI is InChI=1S/C57H37N3OS/c1-57(2)46-19-6-3-15-43(46)52-47(57)20-11-21-49(52)60(37-27-24-34(25-28-37)39-17-10-18-42-40-14-4-7-22-50(40)61-55(39)42)38-13-9-12-35(32-38)36-26-29-48-45(33-36)41-30-31-58-54-44-16-5-8-23-51(44)62-56(59-48)53(41)54/h3-33H,1-2H3. The number of anilines is 3. The number of pyridine rings is 2. The van der Waals surface area contributed by atoms with Crippen LogP contribution in [0.25, 0.3) is 88.3 Å². The second-order valence-corrected chi connectivity index (χ2v) is 17.9. The molecule has 0 spiro atoms. The number of benzene rings is 8. The van der Waals surface area contributed by atoms with Crippen molar-refractivity contribution in [2.75, 3.05) is 4.90 Å². The summed E-state index contributed by atoms with van der Waals surface area (Å²) in [5, 5.41) is 6.71. The first-order valence-electron chi connectivity index (χ1n) is 21.1. The van der Waals surface area contributed by atoms with E-state index < -0.39 is 0 Å². The molecule has 0 unspecified atom stereocenters. The van der Waals surface area contributed by atoms with Gasteiger partial charge in [0.05, 0.1) is 16.9 Å². The monoisotopic (exact) mass is 811 g/mol. The summed E-state index contributed by atoms with van der Waals surface area (Å²) in [6.07, 6.45) is 1.94. The van der Waals surface area contributed by atoms with Crippen molar-refractivity contribution >= 4 is 72.4 Å². The molecule has 1 aliphatic carbocycles. The lowest BCUT2D eigenvalue weighted by Gasteiger charge is -2.29. The quantitative estimate of drug-likeness (QED) is 0.162. The topological polar surface area (TPSA) is 42.2 Å². The van der Waals surface area contributed by atoms with E-state index in [1.54, 1.807) is 11.8 Å². The second-order valence-electron chi connectivity index (χ2n) is 16.9. The Morgan fingerprint density at radius 3 is 2.18 bits per heavy atom. The minimum absolute atomic E-state index is 0.136. The molecule has 0 N–H and O–H groups in total. The maximum Gasteiger partial charge on any atom is 0.143 e. The average Bonchev–Trinajstić information content (AvgIpc) is 3.82. The van der Waals surface area contributed by atoms with Gasteiger partial charge in [0.2, 0.25) is 0 Å². The highest BCUT2D eigenvalue weighted by Crippen LogP contribution is 2.55. The van der Waals surface area contributed by atoms with Crippen molar-refractivity contribution in [3.05, 3.63) is 199 Å². The number of fused-ring (bicyclic) bond motifs is 10. The van der Waals surface area contributed by atoms with Crippen molar-refractivity contribution in [2.45, 2.75) is 29.2 Å². The lowest BCUT2D eigenvalue weighted by Crippen LogP contribution is -2.16. The van der Waals surface area contributed by atoms with Crippen LogP contribution in [0.5, 0.6) is 0 Å². The first kappa shape index (κ1) is 35.3. The Morgan fingerprint density at radius 1 is 0.532 bits per heavy atom. The van der Waals surface area contributed by atoms with Gasteiger partial charge in [-0.15, -0.1) is 0 Å². The largest absolute Gasteiger partial charge is 0.455 e. The Morgan fingerprint density at radius 2 is 1.26 bits per heavy atom. The fourth-order valence-corrected chi connectivity index (χ4v) is 11.3. The first-order chi connectivity index (χ1) is 30.5. The SMILES string of the molecule is CC1(C)c2ccccc2-c2c(N(c3ccc(-c4cccc5c4oc4ccccc45)cc3)c3cccc(-c4ccc5nc6c7c(nccc7c5c4)-c4ccccc4S6)c3)cccc21. The van der Waals surface area contributed by atoms with Crippen molar-refractivity contribution in [1.29, 1.82) is 0 Å². The van der Waals surface area contributed by atoms with Gasteiger partial charge in [-0.1, -0.05) is 147 Å². The third-order valence-electron chi connectivity index (χ3n) is 13.1. The summed E-state index contributed by atoms with van der Waals surface area (Å²) in [5.74, 6) is 0. The van der Waals surface area contributed by atoms with Crippen LogP contribution in [-0.4, -0.2) is 9.97 Å². The summed E-state index contributed by atoms with van der Waals surface area (Å²) < 4.78 is 6.48. The van der Waals surface area contributed by atoms with Crippen LogP contribution in [0, 0.1) is 0 Å². The smallest absolute Gasteiger partial charge is 0.143 e. The normalized spacial score (nSPS) is 13.4. The van der Waals surface area contributed by atoms with Crippen molar-refractivity contribution in [3.63, 3.8) is 0 Å². The maximum absolute atomic E-state index is 6.48. The predicted molar refractivity (Wildman–Crippen MR) is 257 cm³/mol. The number of hydrogen-bond acceptors (Lipinski definition) is 5. The van der Waals surface area contributed by atoms with Crippen LogP contribution < -0.4 is 4.90 Å². The summed E-state index contributed by atoms with van der Waals surface area (Å²) >= 11 is 1.73. The highest BCUT2D eigenvalue weighted by atomic mass is 32.2. The Kier molecular flexibility index (Phi) is 7.55. The van der Waals surface area contributed by atoms with Crippen molar-refractivity contribution in [1.82, 2.24) is 9.97 Å². The zero-order chi connectivity index (χ0) is 41.1. The highest BCUT2D eigenvalue weighted by Gasteiger charge is 2.37. The molecule has 2 aliphatic rings. The second kappa shape index (κ2) is 13.3. The zero-order valence-corrected chi connectivity index (χ0v) is 34.9. The van der Waals surface area contributed by atoms with E-state index in [-0.39, 0.29) is 5.41 Å². The van der Waals surface area contributed by atoms with Gasteiger partial charge in [0.15, 0.2) is 0 Å². The first-order valence-corrected chi connectivity index (χ1v) is 22.0. The predicted octanol–water partition coefficient (Wildman–Crippen LogP) is 15.9. The molecule has 4 heterocycles. The Hall–Kier alpha value is -7.47. The Balaban J connectivity index is 0.975. The molecule has 62 heavy (non-hydrogen) atoms. The molecule has 0 saturated carbocycles. The molecular weight excluding hydrogens is 775 g/mol. The molecule has 0 bridgehead atoms. The van der Waals surface area contributed by atoms with Crippen LogP contribution in [0.4, 0.5) is 17.1 Å². The molecule has 0 atom stereocenters. The van der Waals surface area contributed by atoms with E-state index in [0.717, 1.165) is 88.3 Å². The van der Waals surface area contributed by atoms with Crippen LogP contribution >= 0.6 is 11.8 Å². The molecule has 8 aromatic carbocycles. The summed E-state index contributed by atoms with van der Waals surface area (Å²) in [6.45, 7) is 4.70. The molecule has 13 rings (SSSR count). The fraction of sp³-hybridized carbons (Fsp3) is 0.0526. The van der Waals surface area contributed by atoms with Gasteiger partial charge >= 0.3 is 0 Å². The van der Waals surface area contributed by atoms with E-state index in [9.17, 15) is 0 Å². The van der Waals surface area contributed by atoms with E-state index in [4.69, 9.17) is 14.4 Å². The summed E-state index contributed by atoms with van der Waals surface area (Å²) in [5.41, 5.74) is 17.8. The van der Waals surface area contributed by atoms with Gasteiger partial charge in [0, 0.05) is 66.1 Å². The molecule has 11 aromatic rings. The third kappa shape index (κ3) is 5.15. The minimum Gasteiger partial charge on any atom is -0.455 e. The van der Waals surface area contributed by atoms with Gasteiger partial charge < -0.3 is 9.32 Å². The van der Waals surface area contributed by atoms with Crippen LogP contribution in [-0.2, 0) is 5.41 Å². The van der Waals surface area contributed by atoms with Gasteiger partial charge in [-0.25, -0.2) is 4.98 Å². The van der Waals surface area contributed by atoms with Crippen LogP contribution in [0.2, 0.25) is 0 Å². The molecule has 4 nitrogen and oxygen atoms in total. The Bertz CT molecular complexity index is 3660. The number of hydrogen-bond donors (Lipinski definition) is 0. The van der Waals surface area contributed by atoms with E-state index in [1.165, 1.54) is 38.1 Å². The summed E-state index contributed by atoms with van der Waals surface area (Å²) in [7, 11) is 0. The number of aromatic nitrogens is 2. The molecule has 292 valence electrons. The number of nitrogens with zero attached hydrogens (tertiary/aromatic N) is 3. The van der Waals surface area contributed by atoms with E-state index in [1.807, 2.05) is 18.3 Å². The van der Waals surface area contributed by atoms with Gasteiger partial charge in [-0.05, 0) is 99.4 Å². The van der Waals surface area contributed by atoms with Gasteiger partial charge in [0.25, 0.3) is 0 Å². The molecule has 0 radical (unpaired) electrons. The zero-order valence-electron chi connectivity index (χ0n) is 34.1. The van der Waals surface area contributed by atoms with Crippen molar-refractivity contribution in [3.8, 4) is 44.6 Å². The molecule has 5 heteroatoms. The number of rotatable bonds is 5. The summed E-state index contributed by atoms with van der Waals surface area (Å²) in [6, 6.07) is 65.8. The Labute approximate surface area is 363 Å². The maximum atomic E-state index is 6.48. The minimum atomic E-state index is -0.136. The average molecular weight is 812 g/mol. The summed E-state index contributed by atoms with van der Waals surface area (Å²) in [4.78, 5) is 13.7. The molecule has 0 amide bonds. The van der Waals surface area contributed by atoms with Gasteiger partial charge in [-0.2, -0.15) is 0 Å². The lowest BCUT2D eigenvalue weighted by atomic mass is 9.82. The fourth-order valence-electron chi connectivity index (χ4n) is 10.2. The van der Waals surface area contributed by atoms with Gasteiger partial charge in [0.1, 0.15) is 16.2 Å². The molecule has 1 aliphatic heterocycles. The molecule has 0 saturated heterocycles. The molecule has 0 fully saturated rings. The van der Waals surface area contributed by atoms with Gasteiger partial charge in [-0.3, -0.25) is 4.98 Å².